The summed E-state index contributed by atoms with van der Waals surface area (Å²) in [4.78, 5) is 44.2. The van der Waals surface area contributed by atoms with E-state index in [-0.39, 0.29) is 23.8 Å². The number of carbonyl (C=O) groups excluding carboxylic acids is 2. The Morgan fingerprint density at radius 1 is 1.31 bits per heavy atom. The lowest BCUT2D eigenvalue weighted by Gasteiger charge is -2.21. The van der Waals surface area contributed by atoms with Crippen molar-refractivity contribution in [2.75, 3.05) is 26.0 Å². The number of rotatable bonds is 9. The number of amides is 1. The molecule has 3 aromatic rings. The third kappa shape index (κ3) is 5.28. The van der Waals surface area contributed by atoms with E-state index in [4.69, 9.17) is 9.15 Å². The molecule has 0 bridgehead atoms. The molecule has 1 aromatic carbocycles. The van der Waals surface area contributed by atoms with Crippen molar-refractivity contribution >= 4 is 34.5 Å². The largest absolute Gasteiger partial charge is 0.467 e. The molecule has 3 rings (SSSR count). The molecule has 0 saturated heterocycles. The van der Waals surface area contributed by atoms with Crippen LogP contribution in [0.15, 0.2) is 63.1 Å². The van der Waals surface area contributed by atoms with Crippen molar-refractivity contribution in [2.45, 2.75) is 25.5 Å². The minimum Gasteiger partial charge on any atom is -0.467 e. The number of esters is 1. The summed E-state index contributed by atoms with van der Waals surface area (Å²) in [6.07, 6.45) is 1.53. The summed E-state index contributed by atoms with van der Waals surface area (Å²) in [5, 5.41) is 0.720. The topological polar surface area (TPSA) is 94.6 Å². The van der Waals surface area contributed by atoms with Gasteiger partial charge in [0.25, 0.3) is 5.56 Å². The van der Waals surface area contributed by atoms with Gasteiger partial charge in [-0.2, -0.15) is 0 Å². The van der Waals surface area contributed by atoms with E-state index in [9.17, 15) is 14.4 Å². The van der Waals surface area contributed by atoms with Gasteiger partial charge in [-0.1, -0.05) is 23.9 Å². The van der Waals surface area contributed by atoms with Crippen molar-refractivity contribution in [3.05, 3.63) is 70.4 Å². The predicted molar refractivity (Wildman–Crippen MR) is 123 cm³/mol. The van der Waals surface area contributed by atoms with Gasteiger partial charge in [-0.25, -0.2) is 9.78 Å². The van der Waals surface area contributed by atoms with E-state index in [1.54, 1.807) is 23.1 Å². The number of benzene rings is 1. The molecule has 0 radical (unpaired) electrons. The fraction of sp³-hybridized carbons (Fsp3) is 0.304. The molecule has 0 fully saturated rings. The zero-order chi connectivity index (χ0) is 23.3. The van der Waals surface area contributed by atoms with Crippen LogP contribution in [0.4, 0.5) is 0 Å². The first kappa shape index (κ1) is 23.3. The van der Waals surface area contributed by atoms with Gasteiger partial charge in [-0.3, -0.25) is 14.2 Å². The molecule has 32 heavy (non-hydrogen) atoms. The zero-order valence-corrected chi connectivity index (χ0v) is 19.1. The Labute approximate surface area is 189 Å². The Hall–Kier alpha value is -3.33. The summed E-state index contributed by atoms with van der Waals surface area (Å²) < 4.78 is 11.6. The highest BCUT2D eigenvalue weighted by Gasteiger charge is 2.18. The number of likely N-dealkylation sites (N-methyl/N-ethyl adjacent to an activating group) is 1. The van der Waals surface area contributed by atoms with Gasteiger partial charge in [0, 0.05) is 13.1 Å². The van der Waals surface area contributed by atoms with Crippen molar-refractivity contribution in [3.8, 4) is 0 Å². The SMILES string of the molecule is C=C(C)CN(CC)C(=O)CSc1nc2cc(C(=O)OC)ccc2c(=O)n1Cc1ccco1. The van der Waals surface area contributed by atoms with E-state index in [0.29, 0.717) is 40.5 Å². The Balaban J connectivity index is 2.00. The molecule has 1 amide bonds. The van der Waals surface area contributed by atoms with Crippen molar-refractivity contribution in [3.63, 3.8) is 0 Å². The minimum absolute atomic E-state index is 0.0808. The van der Waals surface area contributed by atoms with Crippen LogP contribution < -0.4 is 5.56 Å². The molecule has 168 valence electrons. The summed E-state index contributed by atoms with van der Waals surface area (Å²) in [6.45, 7) is 8.84. The van der Waals surface area contributed by atoms with Crippen LogP contribution in [0.3, 0.4) is 0 Å². The van der Waals surface area contributed by atoms with E-state index < -0.39 is 5.97 Å². The van der Waals surface area contributed by atoms with Crippen LogP contribution in [0.1, 0.15) is 30.0 Å². The van der Waals surface area contributed by atoms with E-state index in [2.05, 4.69) is 11.6 Å². The number of methoxy groups -OCH3 is 1. The van der Waals surface area contributed by atoms with Crippen LogP contribution >= 0.6 is 11.8 Å². The van der Waals surface area contributed by atoms with E-state index in [0.717, 1.165) is 5.57 Å². The molecule has 2 aromatic heterocycles. The predicted octanol–water partition coefficient (Wildman–Crippen LogP) is 3.34. The fourth-order valence-electron chi connectivity index (χ4n) is 3.17. The van der Waals surface area contributed by atoms with Crippen LogP contribution in [0.5, 0.6) is 0 Å². The second-order valence-electron chi connectivity index (χ2n) is 7.24. The molecular formula is C23H25N3O5S. The van der Waals surface area contributed by atoms with Gasteiger partial charge in [0.15, 0.2) is 5.16 Å². The lowest BCUT2D eigenvalue weighted by molar-refractivity contribution is -0.127. The zero-order valence-electron chi connectivity index (χ0n) is 18.3. The second kappa shape index (κ2) is 10.3. The quantitative estimate of drug-likeness (QED) is 0.211. The molecule has 9 heteroatoms. The monoisotopic (exact) mass is 455 g/mol. The number of hydrogen-bond donors (Lipinski definition) is 0. The van der Waals surface area contributed by atoms with E-state index in [1.807, 2.05) is 13.8 Å². The Bertz CT molecular complexity index is 1200. The van der Waals surface area contributed by atoms with Crippen LogP contribution in [-0.4, -0.2) is 52.3 Å². The number of furan rings is 1. The Morgan fingerprint density at radius 3 is 2.72 bits per heavy atom. The van der Waals surface area contributed by atoms with Crippen LogP contribution in [0.2, 0.25) is 0 Å². The molecule has 0 aliphatic heterocycles. The maximum Gasteiger partial charge on any atom is 0.337 e. The van der Waals surface area contributed by atoms with Crippen molar-refractivity contribution in [1.29, 1.82) is 0 Å². The van der Waals surface area contributed by atoms with Crippen molar-refractivity contribution in [2.24, 2.45) is 0 Å². The maximum absolute atomic E-state index is 13.3. The first-order valence-corrected chi connectivity index (χ1v) is 11.0. The third-order valence-electron chi connectivity index (χ3n) is 4.76. The fourth-order valence-corrected chi connectivity index (χ4v) is 4.07. The standard InChI is InChI=1S/C23H25N3O5S/c1-5-25(12-15(2)3)20(27)14-32-23-24-19-11-16(22(29)30-4)8-9-18(19)21(28)26(23)13-17-7-6-10-31-17/h6-11H,2,5,12-14H2,1,3-4H3. The van der Waals surface area contributed by atoms with Gasteiger partial charge in [0.2, 0.25) is 5.91 Å². The first-order valence-electron chi connectivity index (χ1n) is 10.0. The van der Waals surface area contributed by atoms with Crippen LogP contribution in [0, 0.1) is 0 Å². The van der Waals surface area contributed by atoms with Crippen LogP contribution in [0.25, 0.3) is 10.9 Å². The van der Waals surface area contributed by atoms with Gasteiger partial charge in [-0.05, 0) is 44.2 Å². The molecular weight excluding hydrogens is 430 g/mol. The smallest absolute Gasteiger partial charge is 0.337 e. The van der Waals surface area contributed by atoms with Gasteiger partial charge >= 0.3 is 5.97 Å². The van der Waals surface area contributed by atoms with E-state index in [1.165, 1.54) is 41.8 Å². The molecule has 0 saturated carbocycles. The van der Waals surface area contributed by atoms with Gasteiger partial charge in [-0.15, -0.1) is 0 Å². The average molecular weight is 456 g/mol. The van der Waals surface area contributed by atoms with Gasteiger partial charge in [0.1, 0.15) is 5.76 Å². The second-order valence-corrected chi connectivity index (χ2v) is 8.18. The Morgan fingerprint density at radius 2 is 2.09 bits per heavy atom. The normalized spacial score (nSPS) is 10.8. The van der Waals surface area contributed by atoms with Crippen LogP contribution in [-0.2, 0) is 16.1 Å². The molecule has 0 spiro atoms. The molecule has 0 aliphatic rings. The van der Waals surface area contributed by atoms with E-state index >= 15 is 0 Å². The van der Waals surface area contributed by atoms with Gasteiger partial charge < -0.3 is 14.1 Å². The number of aromatic nitrogens is 2. The molecule has 8 nitrogen and oxygen atoms in total. The molecule has 0 atom stereocenters. The lowest BCUT2D eigenvalue weighted by atomic mass is 10.1. The summed E-state index contributed by atoms with van der Waals surface area (Å²) in [7, 11) is 1.29. The minimum atomic E-state index is -0.517. The summed E-state index contributed by atoms with van der Waals surface area (Å²) in [6, 6.07) is 8.11. The number of ether oxygens (including phenoxy) is 1. The molecule has 2 heterocycles. The first-order chi connectivity index (χ1) is 15.3. The highest BCUT2D eigenvalue weighted by atomic mass is 32.2. The highest BCUT2D eigenvalue weighted by molar-refractivity contribution is 7.99. The Kier molecular flexibility index (Phi) is 7.53. The summed E-state index contributed by atoms with van der Waals surface area (Å²) in [5.74, 6) is 0.0949. The van der Waals surface area contributed by atoms with Crippen molar-refractivity contribution in [1.82, 2.24) is 14.5 Å². The summed E-state index contributed by atoms with van der Waals surface area (Å²) in [5.41, 5.74) is 1.25. The molecule has 0 N–H and O–H groups in total. The average Bonchev–Trinajstić information content (AvgIpc) is 3.30. The molecule has 0 unspecified atom stereocenters. The number of nitrogens with zero attached hydrogens (tertiary/aromatic N) is 3. The number of carbonyl (C=O) groups is 2. The maximum atomic E-state index is 13.3. The van der Waals surface area contributed by atoms with Crippen molar-refractivity contribution < 1.29 is 18.7 Å². The van der Waals surface area contributed by atoms with Gasteiger partial charge in [0.05, 0.1) is 42.1 Å². The summed E-state index contributed by atoms with van der Waals surface area (Å²) >= 11 is 1.17. The third-order valence-corrected chi connectivity index (χ3v) is 5.72. The highest BCUT2D eigenvalue weighted by Crippen LogP contribution is 2.21. The lowest BCUT2D eigenvalue weighted by Crippen LogP contribution is -2.34. The number of hydrogen-bond acceptors (Lipinski definition) is 7. The molecule has 0 aliphatic carbocycles. The number of fused-ring (bicyclic) bond motifs is 1. The number of thioether (sulfide) groups is 1.